The van der Waals surface area contributed by atoms with E-state index in [1.165, 1.54) is 0 Å². The highest BCUT2D eigenvalue weighted by atomic mass is 32.1. The van der Waals surface area contributed by atoms with E-state index in [1.807, 2.05) is 43.3 Å². The number of amides is 1. The summed E-state index contributed by atoms with van der Waals surface area (Å²) in [4.78, 5) is 19.2. The van der Waals surface area contributed by atoms with Crippen molar-refractivity contribution < 1.29 is 9.53 Å². The lowest BCUT2D eigenvalue weighted by Crippen LogP contribution is -2.35. The van der Waals surface area contributed by atoms with Crippen LogP contribution in [0, 0.1) is 0 Å². The highest BCUT2D eigenvalue weighted by molar-refractivity contribution is 7.09. The van der Waals surface area contributed by atoms with Gasteiger partial charge in [-0.2, -0.15) is 0 Å². The molecule has 0 aliphatic carbocycles. The molecule has 0 bridgehead atoms. The Kier molecular flexibility index (Phi) is 6.33. The summed E-state index contributed by atoms with van der Waals surface area (Å²) >= 11 is 1.59. The van der Waals surface area contributed by atoms with Crippen molar-refractivity contribution in [2.75, 3.05) is 26.3 Å². The molecule has 0 unspecified atom stereocenters. The van der Waals surface area contributed by atoms with Gasteiger partial charge in [-0.15, -0.1) is 11.3 Å². The molecule has 2 heterocycles. The predicted molar refractivity (Wildman–Crippen MR) is 100 cm³/mol. The van der Waals surface area contributed by atoms with Crippen LogP contribution in [0.25, 0.3) is 6.08 Å². The second kappa shape index (κ2) is 8.89. The quantitative estimate of drug-likeness (QED) is 0.808. The van der Waals surface area contributed by atoms with Gasteiger partial charge in [-0.3, -0.25) is 9.69 Å². The summed E-state index contributed by atoms with van der Waals surface area (Å²) < 4.78 is 5.36. The summed E-state index contributed by atoms with van der Waals surface area (Å²) in [5, 5.41) is 5.95. The summed E-state index contributed by atoms with van der Waals surface area (Å²) in [5.41, 5.74) is 2.78. The zero-order chi connectivity index (χ0) is 17.5. The Morgan fingerprint density at radius 1 is 1.32 bits per heavy atom. The van der Waals surface area contributed by atoms with Crippen molar-refractivity contribution in [3.8, 4) is 0 Å². The number of nitrogens with zero attached hydrogens (tertiary/aromatic N) is 2. The average molecular weight is 357 g/mol. The van der Waals surface area contributed by atoms with Crippen LogP contribution in [0.15, 0.2) is 41.3 Å². The molecule has 1 N–H and O–H groups in total. The minimum absolute atomic E-state index is 0.0613. The number of ether oxygens (including phenoxy) is 1. The molecule has 1 aliphatic heterocycles. The summed E-state index contributed by atoms with van der Waals surface area (Å²) in [7, 11) is 0. The SMILES string of the molecule is C/C(=C\c1ccccc1)C(=O)NCc1nc(CN2CCOCC2)cs1. The number of morpholine rings is 1. The van der Waals surface area contributed by atoms with Crippen LogP contribution in [-0.4, -0.2) is 42.1 Å². The fourth-order valence-electron chi connectivity index (χ4n) is 2.65. The second-order valence-corrected chi connectivity index (χ2v) is 6.98. The number of hydrogen-bond acceptors (Lipinski definition) is 5. The molecule has 25 heavy (non-hydrogen) atoms. The number of aromatic nitrogens is 1. The van der Waals surface area contributed by atoms with E-state index in [9.17, 15) is 4.79 Å². The number of rotatable bonds is 6. The van der Waals surface area contributed by atoms with Crippen LogP contribution in [-0.2, 0) is 22.6 Å². The van der Waals surface area contributed by atoms with E-state index in [2.05, 4.69) is 20.6 Å². The van der Waals surface area contributed by atoms with E-state index in [0.717, 1.165) is 49.1 Å². The molecule has 1 saturated heterocycles. The molecule has 2 aromatic rings. The lowest BCUT2D eigenvalue weighted by molar-refractivity contribution is -0.117. The molecular formula is C19H23N3O2S. The van der Waals surface area contributed by atoms with Gasteiger partial charge in [0.15, 0.2) is 0 Å². The fourth-order valence-corrected chi connectivity index (χ4v) is 3.38. The highest BCUT2D eigenvalue weighted by Gasteiger charge is 2.13. The van der Waals surface area contributed by atoms with E-state index >= 15 is 0 Å². The Labute approximate surface area is 152 Å². The summed E-state index contributed by atoms with van der Waals surface area (Å²) in [6.07, 6.45) is 1.89. The maximum absolute atomic E-state index is 12.2. The van der Waals surface area contributed by atoms with Gasteiger partial charge in [0.25, 0.3) is 0 Å². The second-order valence-electron chi connectivity index (χ2n) is 6.04. The molecule has 132 valence electrons. The van der Waals surface area contributed by atoms with E-state index in [0.29, 0.717) is 12.1 Å². The van der Waals surface area contributed by atoms with Crippen LogP contribution in [0.4, 0.5) is 0 Å². The van der Waals surface area contributed by atoms with Crippen molar-refractivity contribution in [3.63, 3.8) is 0 Å². The van der Waals surface area contributed by atoms with Gasteiger partial charge in [-0.25, -0.2) is 4.98 Å². The molecule has 1 aromatic carbocycles. The normalized spacial score (nSPS) is 16.0. The molecule has 1 amide bonds. The number of thiazole rings is 1. The van der Waals surface area contributed by atoms with E-state index in [1.54, 1.807) is 11.3 Å². The standard InChI is InChI=1S/C19H23N3O2S/c1-15(11-16-5-3-2-4-6-16)19(23)20-12-18-21-17(14-25-18)13-22-7-9-24-10-8-22/h2-6,11,14H,7-10,12-13H2,1H3,(H,20,23)/b15-11+. The third-order valence-corrected chi connectivity index (χ3v) is 4.93. The topological polar surface area (TPSA) is 54.5 Å². The molecular weight excluding hydrogens is 334 g/mol. The minimum atomic E-state index is -0.0613. The molecule has 0 saturated carbocycles. The lowest BCUT2D eigenvalue weighted by atomic mass is 10.1. The van der Waals surface area contributed by atoms with Crippen molar-refractivity contribution >= 4 is 23.3 Å². The van der Waals surface area contributed by atoms with Crippen LogP contribution in [0.5, 0.6) is 0 Å². The van der Waals surface area contributed by atoms with Crippen molar-refractivity contribution in [3.05, 3.63) is 57.6 Å². The van der Waals surface area contributed by atoms with E-state index in [4.69, 9.17) is 4.74 Å². The monoisotopic (exact) mass is 357 g/mol. The summed E-state index contributed by atoms with van der Waals surface area (Å²) in [6, 6.07) is 9.85. The largest absolute Gasteiger partial charge is 0.379 e. The highest BCUT2D eigenvalue weighted by Crippen LogP contribution is 2.13. The van der Waals surface area contributed by atoms with Gasteiger partial charge in [0.2, 0.25) is 5.91 Å². The Balaban J connectivity index is 1.49. The van der Waals surface area contributed by atoms with Crippen molar-refractivity contribution in [2.24, 2.45) is 0 Å². The first-order valence-electron chi connectivity index (χ1n) is 8.45. The molecule has 3 rings (SSSR count). The van der Waals surface area contributed by atoms with E-state index < -0.39 is 0 Å². The minimum Gasteiger partial charge on any atom is -0.379 e. The molecule has 5 nitrogen and oxygen atoms in total. The Bertz CT molecular complexity index is 721. The smallest absolute Gasteiger partial charge is 0.247 e. The number of carbonyl (C=O) groups excluding carboxylic acids is 1. The van der Waals surface area contributed by atoms with Gasteiger partial charge < -0.3 is 10.1 Å². The maximum atomic E-state index is 12.2. The third-order valence-electron chi connectivity index (χ3n) is 4.03. The van der Waals surface area contributed by atoms with Crippen LogP contribution >= 0.6 is 11.3 Å². The molecule has 1 aliphatic rings. The van der Waals surface area contributed by atoms with Crippen LogP contribution in [0.2, 0.25) is 0 Å². The van der Waals surface area contributed by atoms with Crippen LogP contribution < -0.4 is 5.32 Å². The van der Waals surface area contributed by atoms with E-state index in [-0.39, 0.29) is 5.91 Å². The van der Waals surface area contributed by atoms with Gasteiger partial charge in [0.05, 0.1) is 25.5 Å². The predicted octanol–water partition coefficient (Wildman–Crippen LogP) is 2.70. The summed E-state index contributed by atoms with van der Waals surface area (Å²) in [6.45, 7) is 6.63. The van der Waals surface area contributed by atoms with Gasteiger partial charge in [-0.1, -0.05) is 30.3 Å². The van der Waals surface area contributed by atoms with Crippen molar-refractivity contribution in [2.45, 2.75) is 20.0 Å². The molecule has 0 atom stereocenters. The van der Waals surface area contributed by atoms with Crippen molar-refractivity contribution in [1.29, 1.82) is 0 Å². The first kappa shape index (κ1) is 17.8. The average Bonchev–Trinajstić information content (AvgIpc) is 3.08. The number of hydrogen-bond donors (Lipinski definition) is 1. The summed E-state index contributed by atoms with van der Waals surface area (Å²) in [5.74, 6) is -0.0613. The molecule has 6 heteroatoms. The Morgan fingerprint density at radius 2 is 2.08 bits per heavy atom. The van der Waals surface area contributed by atoms with Gasteiger partial charge in [0, 0.05) is 30.6 Å². The van der Waals surface area contributed by atoms with Gasteiger partial charge >= 0.3 is 0 Å². The maximum Gasteiger partial charge on any atom is 0.247 e. The first-order chi connectivity index (χ1) is 12.2. The molecule has 1 aromatic heterocycles. The third kappa shape index (κ3) is 5.49. The fraction of sp³-hybridized carbons (Fsp3) is 0.368. The van der Waals surface area contributed by atoms with Crippen LogP contribution in [0.3, 0.4) is 0 Å². The lowest BCUT2D eigenvalue weighted by Gasteiger charge is -2.25. The van der Waals surface area contributed by atoms with Crippen molar-refractivity contribution in [1.82, 2.24) is 15.2 Å². The zero-order valence-corrected chi connectivity index (χ0v) is 15.2. The first-order valence-corrected chi connectivity index (χ1v) is 9.33. The molecule has 1 fully saturated rings. The van der Waals surface area contributed by atoms with Gasteiger partial charge in [0.1, 0.15) is 5.01 Å². The van der Waals surface area contributed by atoms with Gasteiger partial charge in [-0.05, 0) is 18.6 Å². The Hall–Kier alpha value is -2.02. The van der Waals surface area contributed by atoms with Crippen LogP contribution in [0.1, 0.15) is 23.2 Å². The molecule has 0 spiro atoms. The zero-order valence-electron chi connectivity index (χ0n) is 14.4. The number of nitrogens with one attached hydrogen (secondary N) is 1. The number of carbonyl (C=O) groups is 1. The molecule has 0 radical (unpaired) electrons. The Morgan fingerprint density at radius 3 is 2.84 bits per heavy atom. The number of benzene rings is 1.